The standard InChI is InChI=1S/C53H70N6O12/c1-51(2,3)69-47(64)54-28-18-17-25-41(45(61)58(10)43(46(62)63)30-33-31-59(50(67)71-53(7,8)9)42-27-16-15-20-34(33)42)56-44(60)40(26-19-29-55-48(65)70-52(4,5)6)57-49(66)68-32-39-37-23-13-11-21-35(37)36-22-12-14-24-38(36)39/h11-16,20-24,27,31,39-41,43H,17-19,25-26,28-30,32H2,1-10H3,(H,54,64)(H,55,65)(H,56,60)(H,57,66)(H,62,63)/t40-,41-,43-/m0/s1. The second-order valence-electron chi connectivity index (χ2n) is 20.6. The number of fused-ring (bicyclic) bond motifs is 4. The van der Waals surface area contributed by atoms with E-state index < -0.39 is 77.1 Å². The van der Waals surface area contributed by atoms with Gasteiger partial charge < -0.3 is 50.2 Å². The fraction of sp³-hybridized carbons (Fsp3) is 0.491. The summed E-state index contributed by atoms with van der Waals surface area (Å²) in [6.07, 6.45) is -0.744. The first kappa shape index (κ1) is 54.8. The van der Waals surface area contributed by atoms with E-state index in [0.717, 1.165) is 27.2 Å². The van der Waals surface area contributed by atoms with Crippen LogP contribution in [0.3, 0.4) is 0 Å². The summed E-state index contributed by atoms with van der Waals surface area (Å²) in [6, 6.07) is 18.6. The Hall–Kier alpha value is -7.11. The SMILES string of the molecule is CN(C(=O)[C@H](CCCCNC(=O)OC(C)(C)C)NC(=O)[C@H](CCCNC(=O)OC(C)(C)C)NC(=O)OCC1c2ccccc2-c2ccccc21)[C@@H](Cc1cn(C(=O)OC(C)(C)C)c2ccccc12)C(=O)O. The molecule has 0 saturated heterocycles. The smallest absolute Gasteiger partial charge is 0.419 e. The van der Waals surface area contributed by atoms with Crippen molar-refractivity contribution in [3.63, 3.8) is 0 Å². The third kappa shape index (κ3) is 16.0. The molecule has 5 N–H and O–H groups in total. The number of amides is 5. The maximum Gasteiger partial charge on any atom is 0.419 e. The lowest BCUT2D eigenvalue weighted by Gasteiger charge is -2.30. The van der Waals surface area contributed by atoms with E-state index >= 15 is 0 Å². The highest BCUT2D eigenvalue weighted by Crippen LogP contribution is 2.44. The highest BCUT2D eigenvalue weighted by molar-refractivity contribution is 5.95. The number of aliphatic carboxylic acids is 1. The largest absolute Gasteiger partial charge is 0.480 e. The molecule has 0 unspecified atom stereocenters. The minimum absolute atomic E-state index is 0.00701. The van der Waals surface area contributed by atoms with Crippen LogP contribution in [0.5, 0.6) is 0 Å². The Morgan fingerprint density at radius 1 is 0.648 bits per heavy atom. The van der Waals surface area contributed by atoms with Crippen LogP contribution in [0.15, 0.2) is 79.0 Å². The van der Waals surface area contributed by atoms with Gasteiger partial charge in [-0.25, -0.2) is 24.0 Å². The maximum absolute atomic E-state index is 14.6. The molecule has 5 rings (SSSR count). The molecule has 4 aromatic rings. The van der Waals surface area contributed by atoms with E-state index in [0.29, 0.717) is 22.9 Å². The first-order chi connectivity index (χ1) is 33.3. The predicted molar refractivity (Wildman–Crippen MR) is 267 cm³/mol. The molecule has 0 spiro atoms. The number of aromatic nitrogens is 1. The van der Waals surface area contributed by atoms with E-state index in [-0.39, 0.29) is 57.7 Å². The first-order valence-corrected chi connectivity index (χ1v) is 24.0. The average molecular weight is 983 g/mol. The van der Waals surface area contributed by atoms with Crippen molar-refractivity contribution in [2.24, 2.45) is 0 Å². The highest BCUT2D eigenvalue weighted by atomic mass is 16.6. The molecule has 1 heterocycles. The van der Waals surface area contributed by atoms with E-state index in [1.165, 1.54) is 17.8 Å². The molecule has 5 amide bonds. The maximum atomic E-state index is 14.6. The summed E-state index contributed by atoms with van der Waals surface area (Å²) in [7, 11) is 1.33. The molecular weight excluding hydrogens is 913 g/mol. The molecule has 1 aliphatic rings. The van der Waals surface area contributed by atoms with Crippen LogP contribution in [0.25, 0.3) is 22.0 Å². The highest BCUT2D eigenvalue weighted by Gasteiger charge is 2.36. The number of carboxylic acid groups (broad SMARTS) is 1. The van der Waals surface area contributed by atoms with Crippen molar-refractivity contribution in [1.82, 2.24) is 30.7 Å². The number of para-hydroxylation sites is 1. The zero-order valence-electron chi connectivity index (χ0n) is 42.5. The number of carbonyl (C=O) groups is 7. The third-order valence-electron chi connectivity index (χ3n) is 11.4. The fourth-order valence-electron chi connectivity index (χ4n) is 8.24. The van der Waals surface area contributed by atoms with Gasteiger partial charge in [-0.15, -0.1) is 0 Å². The molecule has 71 heavy (non-hydrogen) atoms. The second-order valence-corrected chi connectivity index (χ2v) is 20.6. The van der Waals surface area contributed by atoms with Gasteiger partial charge in [0.15, 0.2) is 0 Å². The lowest BCUT2D eigenvalue weighted by atomic mass is 9.98. The number of hydrogen-bond acceptors (Lipinski definition) is 11. The number of likely N-dealkylation sites (N-methyl/N-ethyl adjacent to an activating group) is 1. The molecule has 0 fully saturated rings. The van der Waals surface area contributed by atoms with Crippen LogP contribution in [0.2, 0.25) is 0 Å². The molecule has 18 nitrogen and oxygen atoms in total. The Morgan fingerprint density at radius 2 is 1.17 bits per heavy atom. The van der Waals surface area contributed by atoms with Gasteiger partial charge in [-0.05, 0) is 128 Å². The van der Waals surface area contributed by atoms with Crippen LogP contribution in [0.1, 0.15) is 117 Å². The number of benzene rings is 3. The number of hydrogen-bond donors (Lipinski definition) is 5. The molecular formula is C53H70N6O12. The van der Waals surface area contributed by atoms with Crippen LogP contribution in [0, 0.1) is 0 Å². The number of rotatable bonds is 19. The van der Waals surface area contributed by atoms with E-state index in [1.54, 1.807) is 86.6 Å². The Bertz CT molecular complexity index is 2510. The third-order valence-corrected chi connectivity index (χ3v) is 11.4. The summed E-state index contributed by atoms with van der Waals surface area (Å²) in [5, 5.41) is 22.0. The van der Waals surface area contributed by atoms with Crippen molar-refractivity contribution in [2.75, 3.05) is 26.7 Å². The van der Waals surface area contributed by atoms with Gasteiger partial charge in [-0.3, -0.25) is 14.2 Å². The normalized spacial score (nSPS) is 13.7. The van der Waals surface area contributed by atoms with Gasteiger partial charge in [0, 0.05) is 44.1 Å². The Morgan fingerprint density at radius 3 is 1.73 bits per heavy atom. The topological polar surface area (TPSA) is 233 Å². The molecule has 0 bridgehead atoms. The lowest BCUT2D eigenvalue weighted by Crippen LogP contribution is -2.56. The van der Waals surface area contributed by atoms with E-state index in [2.05, 4.69) is 21.3 Å². The molecule has 0 saturated carbocycles. The fourth-order valence-corrected chi connectivity index (χ4v) is 8.24. The van der Waals surface area contributed by atoms with Crippen molar-refractivity contribution in [1.29, 1.82) is 0 Å². The van der Waals surface area contributed by atoms with Crippen molar-refractivity contribution < 1.29 is 57.6 Å². The quantitative estimate of drug-likeness (QED) is 0.0441. The number of alkyl carbamates (subject to hydrolysis) is 3. The molecule has 384 valence electrons. The van der Waals surface area contributed by atoms with E-state index in [1.807, 2.05) is 48.5 Å². The number of nitrogens with zero attached hydrogens (tertiary/aromatic N) is 2. The monoisotopic (exact) mass is 983 g/mol. The van der Waals surface area contributed by atoms with Crippen LogP contribution < -0.4 is 21.3 Å². The van der Waals surface area contributed by atoms with Crippen LogP contribution in [-0.2, 0) is 39.8 Å². The summed E-state index contributed by atoms with van der Waals surface area (Å²) >= 11 is 0. The van der Waals surface area contributed by atoms with Gasteiger partial charge in [0.05, 0.1) is 5.52 Å². The van der Waals surface area contributed by atoms with Crippen molar-refractivity contribution in [3.05, 3.63) is 95.7 Å². The summed E-state index contributed by atoms with van der Waals surface area (Å²) in [5.74, 6) is -3.11. The van der Waals surface area contributed by atoms with Crippen molar-refractivity contribution >= 4 is 53.1 Å². The number of ether oxygens (including phenoxy) is 4. The van der Waals surface area contributed by atoms with Gasteiger partial charge in [0.2, 0.25) is 11.8 Å². The molecule has 0 aliphatic heterocycles. The van der Waals surface area contributed by atoms with Crippen molar-refractivity contribution in [2.45, 2.75) is 142 Å². The Labute approximate surface area is 415 Å². The van der Waals surface area contributed by atoms with E-state index in [9.17, 15) is 38.7 Å². The summed E-state index contributed by atoms with van der Waals surface area (Å²) in [6.45, 7) is 15.8. The van der Waals surface area contributed by atoms with Crippen LogP contribution >= 0.6 is 0 Å². The van der Waals surface area contributed by atoms with Gasteiger partial charge in [0.25, 0.3) is 0 Å². The number of nitrogens with one attached hydrogen (secondary N) is 4. The molecule has 3 atom stereocenters. The average Bonchev–Trinajstić information content (AvgIpc) is 3.81. The zero-order chi connectivity index (χ0) is 52.3. The Kier molecular flexibility index (Phi) is 18.3. The van der Waals surface area contributed by atoms with Crippen LogP contribution in [-0.4, -0.2) is 118 Å². The number of carbonyl (C=O) groups excluding carboxylic acids is 6. The van der Waals surface area contributed by atoms with Gasteiger partial charge in [-0.2, -0.15) is 0 Å². The predicted octanol–water partition coefficient (Wildman–Crippen LogP) is 8.27. The van der Waals surface area contributed by atoms with Gasteiger partial charge >= 0.3 is 30.3 Å². The Balaban J connectivity index is 1.37. The minimum Gasteiger partial charge on any atom is -0.480 e. The van der Waals surface area contributed by atoms with Crippen molar-refractivity contribution in [3.8, 4) is 11.1 Å². The minimum atomic E-state index is -1.47. The van der Waals surface area contributed by atoms with Crippen LogP contribution in [0.4, 0.5) is 19.2 Å². The summed E-state index contributed by atoms with van der Waals surface area (Å²) in [5.41, 5.74) is 2.70. The number of unbranched alkanes of at least 4 members (excludes halogenated alkanes) is 1. The summed E-state index contributed by atoms with van der Waals surface area (Å²) < 4.78 is 23.4. The molecule has 0 radical (unpaired) electrons. The molecule has 3 aromatic carbocycles. The molecule has 1 aromatic heterocycles. The first-order valence-electron chi connectivity index (χ1n) is 24.0. The summed E-state index contributed by atoms with van der Waals surface area (Å²) in [4.78, 5) is 95.0. The van der Waals surface area contributed by atoms with E-state index in [4.69, 9.17) is 18.9 Å². The van der Waals surface area contributed by atoms with Gasteiger partial charge in [0.1, 0.15) is 41.5 Å². The zero-order valence-corrected chi connectivity index (χ0v) is 42.5. The number of carboxylic acids is 1. The lowest BCUT2D eigenvalue weighted by molar-refractivity contribution is -0.150. The molecule has 18 heteroatoms. The molecule has 1 aliphatic carbocycles. The second kappa shape index (κ2) is 23.7. The van der Waals surface area contributed by atoms with Gasteiger partial charge in [-0.1, -0.05) is 66.7 Å².